The Hall–Kier alpha value is 1.24. The normalized spacial score (nSPS) is 9.00. The molecule has 5 heteroatoms. The molecule has 0 saturated carbocycles. The summed E-state index contributed by atoms with van der Waals surface area (Å²) in [4.78, 5) is 11.8. The van der Waals surface area contributed by atoms with Gasteiger partial charge in [-0.05, 0) is 0 Å². The number of rotatable bonds is 2. The molecule has 0 radical (unpaired) electrons. The van der Waals surface area contributed by atoms with E-state index in [0.717, 1.165) is 12.1 Å². The molecule has 0 aliphatic rings. The van der Waals surface area contributed by atoms with Gasteiger partial charge in [-0.15, -0.1) is 24.3 Å². The first-order valence-corrected chi connectivity index (χ1v) is 4.56. The molecule has 0 heterocycles. The largest absolute Gasteiger partial charge is 1.00 e. The number of benzene rings is 2. The number of carbonyl (C=O) groups excluding carboxylic acids is 1. The second kappa shape index (κ2) is 9.23. The van der Waals surface area contributed by atoms with Gasteiger partial charge < -0.3 is 4.79 Å². The van der Waals surface area contributed by atoms with Crippen molar-refractivity contribution >= 4 is 5.78 Å². The van der Waals surface area contributed by atoms with Gasteiger partial charge >= 0.3 is 103 Å². The third kappa shape index (κ3) is 5.32. The SMILES string of the molecule is O=C(c1c[c-]c(F)cc1)c1c[c-]c(F)cc1.[K+].[K+]. The van der Waals surface area contributed by atoms with Crippen LogP contribution >= 0.6 is 0 Å². The van der Waals surface area contributed by atoms with Crippen LogP contribution in [0.1, 0.15) is 15.9 Å². The molecule has 0 bridgehead atoms. The number of halogens is 2. The minimum Gasteiger partial charge on any atom is -0.318 e. The van der Waals surface area contributed by atoms with Gasteiger partial charge in [-0.1, -0.05) is 11.1 Å². The average Bonchev–Trinajstić information content (AvgIpc) is 2.30. The van der Waals surface area contributed by atoms with Gasteiger partial charge in [-0.2, -0.15) is 24.3 Å². The van der Waals surface area contributed by atoms with Crippen molar-refractivity contribution in [3.8, 4) is 0 Å². The third-order valence-corrected chi connectivity index (χ3v) is 2.07. The summed E-state index contributed by atoms with van der Waals surface area (Å²) in [6.45, 7) is 0. The molecule has 0 fully saturated rings. The summed E-state index contributed by atoms with van der Waals surface area (Å²) in [6.07, 6.45) is 0. The first-order valence-electron chi connectivity index (χ1n) is 4.56. The van der Waals surface area contributed by atoms with Crippen LogP contribution in [0.5, 0.6) is 0 Å². The molecule has 0 spiro atoms. The Balaban J connectivity index is 0.00000144. The van der Waals surface area contributed by atoms with Gasteiger partial charge in [0.1, 0.15) is 0 Å². The van der Waals surface area contributed by atoms with Crippen molar-refractivity contribution in [1.29, 1.82) is 0 Å². The van der Waals surface area contributed by atoms with E-state index in [9.17, 15) is 13.6 Å². The van der Waals surface area contributed by atoms with Crippen molar-refractivity contribution in [2.24, 2.45) is 0 Å². The molecule has 0 aromatic heterocycles. The fourth-order valence-electron chi connectivity index (χ4n) is 1.26. The van der Waals surface area contributed by atoms with Crippen LogP contribution in [0.25, 0.3) is 0 Å². The Labute approximate surface area is 189 Å². The number of carbonyl (C=O) groups is 1. The van der Waals surface area contributed by atoms with Crippen molar-refractivity contribution in [2.75, 3.05) is 0 Å². The van der Waals surface area contributed by atoms with Gasteiger partial charge in [0.05, 0.1) is 5.78 Å². The van der Waals surface area contributed by atoms with Crippen molar-refractivity contribution in [2.45, 2.75) is 0 Å². The van der Waals surface area contributed by atoms with E-state index in [4.69, 9.17) is 0 Å². The van der Waals surface area contributed by atoms with E-state index >= 15 is 0 Å². The molecule has 0 aliphatic heterocycles. The van der Waals surface area contributed by atoms with E-state index in [1.807, 2.05) is 0 Å². The van der Waals surface area contributed by atoms with Crippen LogP contribution in [0.4, 0.5) is 8.78 Å². The molecular formula is C13H6F2K2O. The van der Waals surface area contributed by atoms with E-state index in [1.54, 1.807) is 0 Å². The molecule has 0 saturated heterocycles. The number of hydrogen-bond donors (Lipinski definition) is 0. The molecule has 2 rings (SSSR count). The molecule has 2 aromatic carbocycles. The van der Waals surface area contributed by atoms with Gasteiger partial charge in [0, 0.05) is 11.6 Å². The van der Waals surface area contributed by atoms with E-state index in [0.29, 0.717) is 11.1 Å². The molecule has 0 atom stereocenters. The predicted octanol–water partition coefficient (Wildman–Crippen LogP) is -3.20. The molecular weight excluding hydrogens is 288 g/mol. The number of ketones is 1. The van der Waals surface area contributed by atoms with Crippen LogP contribution in [0.3, 0.4) is 0 Å². The molecule has 0 amide bonds. The molecule has 1 nitrogen and oxygen atoms in total. The van der Waals surface area contributed by atoms with Gasteiger partial charge in [0.2, 0.25) is 0 Å². The van der Waals surface area contributed by atoms with E-state index in [2.05, 4.69) is 12.1 Å². The van der Waals surface area contributed by atoms with Gasteiger partial charge in [-0.25, -0.2) is 8.78 Å². The van der Waals surface area contributed by atoms with Gasteiger partial charge in [-0.3, -0.25) is 0 Å². The molecule has 0 unspecified atom stereocenters. The van der Waals surface area contributed by atoms with E-state index < -0.39 is 11.6 Å². The molecule has 18 heavy (non-hydrogen) atoms. The molecule has 0 aliphatic carbocycles. The summed E-state index contributed by atoms with van der Waals surface area (Å²) >= 11 is 0. The van der Waals surface area contributed by atoms with Gasteiger partial charge in [0.25, 0.3) is 0 Å². The maximum absolute atomic E-state index is 12.6. The second-order valence-corrected chi connectivity index (χ2v) is 3.18. The summed E-state index contributed by atoms with van der Waals surface area (Å²) in [5, 5.41) is 0. The van der Waals surface area contributed by atoms with Crippen molar-refractivity contribution in [1.82, 2.24) is 0 Å². The van der Waals surface area contributed by atoms with Crippen LogP contribution in [-0.2, 0) is 0 Å². The Kier molecular flexibility index (Phi) is 9.87. The summed E-state index contributed by atoms with van der Waals surface area (Å²) in [5.74, 6) is -1.36. The summed E-state index contributed by atoms with van der Waals surface area (Å²) in [6, 6.07) is 12.1. The van der Waals surface area contributed by atoms with Crippen molar-refractivity contribution in [3.05, 3.63) is 71.3 Å². The summed E-state index contributed by atoms with van der Waals surface area (Å²) in [5.41, 5.74) is 0.614. The number of hydrogen-bond acceptors (Lipinski definition) is 1. The summed E-state index contributed by atoms with van der Waals surface area (Å²) in [7, 11) is 0. The van der Waals surface area contributed by atoms with Crippen LogP contribution in [-0.4, -0.2) is 5.78 Å². The Morgan fingerprint density at radius 3 is 1.50 bits per heavy atom. The topological polar surface area (TPSA) is 17.1 Å². The monoisotopic (exact) mass is 294 g/mol. The van der Waals surface area contributed by atoms with Crippen LogP contribution in [0.2, 0.25) is 0 Å². The zero-order valence-corrected chi connectivity index (χ0v) is 16.4. The average molecular weight is 294 g/mol. The molecule has 0 N–H and O–H groups in total. The van der Waals surface area contributed by atoms with Crippen LogP contribution in [0, 0.1) is 23.8 Å². The fourth-order valence-corrected chi connectivity index (χ4v) is 1.26. The first-order chi connectivity index (χ1) is 7.66. The van der Waals surface area contributed by atoms with E-state index in [-0.39, 0.29) is 109 Å². The predicted molar refractivity (Wildman–Crippen MR) is 53.9 cm³/mol. The Morgan fingerprint density at radius 1 is 0.833 bits per heavy atom. The summed E-state index contributed by atoms with van der Waals surface area (Å²) < 4.78 is 25.2. The van der Waals surface area contributed by atoms with Crippen molar-refractivity contribution in [3.63, 3.8) is 0 Å². The fraction of sp³-hybridized carbons (Fsp3) is 0. The Bertz CT molecular complexity index is 462. The smallest absolute Gasteiger partial charge is 0.318 e. The zero-order chi connectivity index (χ0) is 11.5. The maximum Gasteiger partial charge on any atom is 1.00 e. The van der Waals surface area contributed by atoms with Gasteiger partial charge in [0.15, 0.2) is 0 Å². The minimum absolute atomic E-state index is 0. The third-order valence-electron chi connectivity index (χ3n) is 2.07. The van der Waals surface area contributed by atoms with Crippen LogP contribution < -0.4 is 103 Å². The maximum atomic E-state index is 12.6. The standard InChI is InChI=1S/C13H6F2O.2K/c14-11-5-1-9(2-6-11)13(16)10-3-7-12(15)8-4-10;;/h1-5,7H;;/q-2;2*+1. The quantitative estimate of drug-likeness (QED) is 0.324. The van der Waals surface area contributed by atoms with Crippen molar-refractivity contribution < 1.29 is 116 Å². The first kappa shape index (κ1) is 19.2. The Morgan fingerprint density at radius 2 is 1.22 bits per heavy atom. The zero-order valence-electron chi connectivity index (χ0n) is 10.1. The van der Waals surface area contributed by atoms with E-state index in [1.165, 1.54) is 24.3 Å². The molecule has 80 valence electrons. The molecule has 2 aromatic rings. The van der Waals surface area contributed by atoms with Crippen LogP contribution in [0.15, 0.2) is 36.4 Å². The minimum atomic E-state index is -0.526. The second-order valence-electron chi connectivity index (χ2n) is 3.18.